The fourth-order valence-corrected chi connectivity index (χ4v) is 4.13. The molecule has 4 rings (SSSR count). The molecule has 0 aliphatic carbocycles. The van der Waals surface area contributed by atoms with Crippen molar-refractivity contribution in [2.75, 3.05) is 45.9 Å². The van der Waals surface area contributed by atoms with Gasteiger partial charge in [-0.1, -0.05) is 0 Å². The highest BCUT2D eigenvalue weighted by atomic mass is 16.8. The summed E-state index contributed by atoms with van der Waals surface area (Å²) in [6.07, 6.45) is -1.34. The molecule has 26 heavy (non-hydrogen) atoms. The predicted molar refractivity (Wildman–Crippen MR) is 92.7 cm³/mol. The van der Waals surface area contributed by atoms with Gasteiger partial charge in [0.1, 0.15) is 24.4 Å². The number of hydrogen-bond acceptors (Lipinski definition) is 8. The van der Waals surface area contributed by atoms with Gasteiger partial charge < -0.3 is 33.7 Å². The number of nitrogens with zero attached hydrogens (tertiary/aromatic N) is 1. The Labute approximate surface area is 155 Å². The molecule has 1 unspecified atom stereocenters. The number of nitrogens with one attached hydrogen (secondary N) is 1. The monoisotopic (exact) mass is 372 g/mol. The molecule has 0 bridgehead atoms. The third-order valence-corrected chi connectivity index (χ3v) is 5.34. The van der Waals surface area contributed by atoms with Gasteiger partial charge in [-0.05, 0) is 27.7 Å². The van der Waals surface area contributed by atoms with E-state index in [9.17, 15) is 0 Å². The molecule has 4 heterocycles. The van der Waals surface area contributed by atoms with Crippen molar-refractivity contribution in [2.45, 2.75) is 70.0 Å². The lowest BCUT2D eigenvalue weighted by Gasteiger charge is -2.29. The van der Waals surface area contributed by atoms with Crippen molar-refractivity contribution in [3.63, 3.8) is 0 Å². The van der Waals surface area contributed by atoms with Crippen LogP contribution in [0.1, 0.15) is 27.7 Å². The average Bonchev–Trinajstić information content (AvgIpc) is 3.19. The van der Waals surface area contributed by atoms with Gasteiger partial charge in [-0.3, -0.25) is 4.90 Å². The zero-order valence-electron chi connectivity index (χ0n) is 16.2. The number of ether oxygens (including phenoxy) is 6. The molecule has 0 aromatic carbocycles. The van der Waals surface area contributed by atoms with Crippen molar-refractivity contribution in [3.05, 3.63) is 0 Å². The summed E-state index contributed by atoms with van der Waals surface area (Å²) in [5.74, 6) is -1.24. The second-order valence-corrected chi connectivity index (χ2v) is 8.36. The first-order valence-electron chi connectivity index (χ1n) is 9.71. The minimum atomic E-state index is -0.646. The van der Waals surface area contributed by atoms with Crippen LogP contribution in [0.2, 0.25) is 0 Å². The third-order valence-electron chi connectivity index (χ3n) is 5.34. The summed E-state index contributed by atoms with van der Waals surface area (Å²) in [4.78, 5) is 2.40. The van der Waals surface area contributed by atoms with E-state index in [0.29, 0.717) is 13.2 Å². The number of rotatable bonds is 5. The Morgan fingerprint density at radius 1 is 0.962 bits per heavy atom. The average molecular weight is 372 g/mol. The molecule has 0 radical (unpaired) electrons. The molecule has 4 fully saturated rings. The highest BCUT2D eigenvalue weighted by molar-refractivity contribution is 4.99. The predicted octanol–water partition coefficient (Wildman–Crippen LogP) is 0.305. The van der Waals surface area contributed by atoms with E-state index in [4.69, 9.17) is 28.4 Å². The summed E-state index contributed by atoms with van der Waals surface area (Å²) in [7, 11) is 0. The molecule has 4 aliphatic rings. The van der Waals surface area contributed by atoms with Crippen LogP contribution < -0.4 is 5.32 Å². The van der Waals surface area contributed by atoms with Crippen LogP contribution in [0.15, 0.2) is 0 Å². The molecule has 0 amide bonds. The van der Waals surface area contributed by atoms with Crippen molar-refractivity contribution in [2.24, 2.45) is 0 Å². The van der Waals surface area contributed by atoms with Gasteiger partial charge in [-0.25, -0.2) is 0 Å². The maximum Gasteiger partial charge on any atom is 0.187 e. The van der Waals surface area contributed by atoms with Gasteiger partial charge in [-0.2, -0.15) is 0 Å². The van der Waals surface area contributed by atoms with Gasteiger partial charge in [0.2, 0.25) is 0 Å². The molecule has 0 saturated carbocycles. The van der Waals surface area contributed by atoms with Gasteiger partial charge in [0, 0.05) is 32.7 Å². The summed E-state index contributed by atoms with van der Waals surface area (Å²) in [5, 5.41) is 3.36. The van der Waals surface area contributed by atoms with Gasteiger partial charge in [0.15, 0.2) is 17.9 Å². The first kappa shape index (κ1) is 19.0. The van der Waals surface area contributed by atoms with E-state index in [1.807, 2.05) is 27.7 Å². The van der Waals surface area contributed by atoms with E-state index in [0.717, 1.165) is 32.7 Å². The molecule has 0 aromatic heterocycles. The molecule has 8 heteroatoms. The van der Waals surface area contributed by atoms with E-state index >= 15 is 0 Å². The first-order valence-corrected chi connectivity index (χ1v) is 9.71. The second-order valence-electron chi connectivity index (χ2n) is 8.36. The lowest BCUT2D eigenvalue weighted by Crippen LogP contribution is -2.45. The van der Waals surface area contributed by atoms with Crippen LogP contribution in [0.3, 0.4) is 0 Å². The largest absolute Gasteiger partial charge is 0.349 e. The minimum Gasteiger partial charge on any atom is -0.349 e. The van der Waals surface area contributed by atoms with Crippen molar-refractivity contribution in [1.29, 1.82) is 0 Å². The van der Waals surface area contributed by atoms with Crippen molar-refractivity contribution in [3.8, 4) is 0 Å². The van der Waals surface area contributed by atoms with E-state index in [1.54, 1.807) is 0 Å². The van der Waals surface area contributed by atoms with E-state index < -0.39 is 17.9 Å². The Kier molecular flexibility index (Phi) is 5.31. The smallest absolute Gasteiger partial charge is 0.187 e. The topological polar surface area (TPSA) is 70.7 Å². The zero-order valence-corrected chi connectivity index (χ0v) is 16.2. The lowest BCUT2D eigenvalue weighted by atomic mass is 10.1. The van der Waals surface area contributed by atoms with Gasteiger partial charge in [0.25, 0.3) is 0 Å². The lowest BCUT2D eigenvalue weighted by molar-refractivity contribution is -0.248. The van der Waals surface area contributed by atoms with Crippen LogP contribution in [-0.2, 0) is 28.4 Å². The number of hydrogen-bond donors (Lipinski definition) is 1. The SMILES string of the molecule is CC1(C)OCC([C@H]2O[C@H](OCCN3CCNCC3)[C@H]3OC(C)(C)O[C@H]32)O1. The fourth-order valence-electron chi connectivity index (χ4n) is 4.13. The summed E-state index contributed by atoms with van der Waals surface area (Å²) < 4.78 is 36.2. The molecule has 150 valence electrons. The van der Waals surface area contributed by atoms with E-state index in [-0.39, 0.29) is 24.4 Å². The summed E-state index contributed by atoms with van der Waals surface area (Å²) in [6.45, 7) is 13.8. The van der Waals surface area contributed by atoms with Gasteiger partial charge in [-0.15, -0.1) is 0 Å². The van der Waals surface area contributed by atoms with Crippen LogP contribution in [0.25, 0.3) is 0 Å². The van der Waals surface area contributed by atoms with Gasteiger partial charge in [0.05, 0.1) is 13.2 Å². The number of piperazine rings is 1. The molecule has 0 spiro atoms. The molecule has 1 N–H and O–H groups in total. The van der Waals surface area contributed by atoms with Crippen LogP contribution in [-0.4, -0.2) is 93.1 Å². The van der Waals surface area contributed by atoms with Crippen molar-refractivity contribution < 1.29 is 28.4 Å². The van der Waals surface area contributed by atoms with Crippen molar-refractivity contribution in [1.82, 2.24) is 10.2 Å². The second kappa shape index (κ2) is 7.25. The van der Waals surface area contributed by atoms with Crippen LogP contribution in [0.5, 0.6) is 0 Å². The van der Waals surface area contributed by atoms with Crippen LogP contribution in [0.4, 0.5) is 0 Å². The van der Waals surface area contributed by atoms with Crippen LogP contribution >= 0.6 is 0 Å². The normalized spacial score (nSPS) is 42.2. The highest BCUT2D eigenvalue weighted by Gasteiger charge is 2.59. The fraction of sp³-hybridized carbons (Fsp3) is 1.00. The minimum absolute atomic E-state index is 0.184. The van der Waals surface area contributed by atoms with E-state index in [2.05, 4.69) is 10.2 Å². The Morgan fingerprint density at radius 3 is 2.38 bits per heavy atom. The number of fused-ring (bicyclic) bond motifs is 1. The molecule has 0 aromatic rings. The Balaban J connectivity index is 1.36. The quantitative estimate of drug-likeness (QED) is 0.739. The molecule has 8 nitrogen and oxygen atoms in total. The summed E-state index contributed by atoms with van der Waals surface area (Å²) >= 11 is 0. The zero-order chi connectivity index (χ0) is 18.4. The Bertz CT molecular complexity index is 496. The molecule has 5 atom stereocenters. The third kappa shape index (κ3) is 4.07. The summed E-state index contributed by atoms with van der Waals surface area (Å²) in [6, 6.07) is 0. The standard InChI is InChI=1S/C18H32N2O6/c1-17(2)22-11-12(24-17)13-14-15(26-18(3,4)25-14)16(23-13)21-10-9-20-7-5-19-6-8-20/h12-16,19H,5-11H2,1-4H3/t12?,13-,14+,15+,16+/m1/s1. The Morgan fingerprint density at radius 2 is 1.69 bits per heavy atom. The van der Waals surface area contributed by atoms with Crippen LogP contribution in [0, 0.1) is 0 Å². The Hall–Kier alpha value is -0.320. The van der Waals surface area contributed by atoms with E-state index in [1.165, 1.54) is 0 Å². The first-order chi connectivity index (χ1) is 12.3. The molecule has 4 saturated heterocycles. The maximum absolute atomic E-state index is 6.18. The molecular weight excluding hydrogens is 340 g/mol. The van der Waals surface area contributed by atoms with Gasteiger partial charge >= 0.3 is 0 Å². The van der Waals surface area contributed by atoms with Crippen molar-refractivity contribution >= 4 is 0 Å². The molecule has 4 aliphatic heterocycles. The highest BCUT2D eigenvalue weighted by Crippen LogP contribution is 2.42. The molecular formula is C18H32N2O6. The summed E-state index contributed by atoms with van der Waals surface area (Å²) in [5.41, 5.74) is 0. The maximum atomic E-state index is 6.18.